The van der Waals surface area contributed by atoms with Gasteiger partial charge in [-0.2, -0.15) is 0 Å². The molecule has 0 saturated heterocycles. The topological polar surface area (TPSA) is 90.6 Å². The molecule has 0 saturated carbocycles. The highest BCUT2D eigenvalue weighted by atomic mass is 35.5. The number of benzene rings is 3. The molecule has 0 heterocycles. The number of nitrogens with two attached hydrogens (primary N) is 1. The number of primary sulfonamides is 1. The number of halogens is 3. The molecule has 0 atom stereocenters. The number of sulfonamides is 1. The van der Waals surface area contributed by atoms with Crippen molar-refractivity contribution in [2.45, 2.75) is 24.5 Å². The molecule has 0 aliphatic carbocycles. The molecule has 0 amide bonds. The predicted octanol–water partition coefficient (Wildman–Crippen LogP) is 4.47. The first-order valence-corrected chi connectivity index (χ1v) is 11.7. The van der Waals surface area contributed by atoms with Crippen LogP contribution in [-0.2, 0) is 29.6 Å². The number of ether oxygens (including phenoxy) is 2. The van der Waals surface area contributed by atoms with Gasteiger partial charge in [0.05, 0.1) is 17.0 Å². The van der Waals surface area contributed by atoms with Gasteiger partial charge in [-0.25, -0.2) is 17.9 Å². The maximum absolute atomic E-state index is 13.2. The van der Waals surface area contributed by atoms with Gasteiger partial charge in [-0.05, 0) is 60.5 Å². The number of hydrogen-bond donors (Lipinski definition) is 2. The normalized spacial score (nSPS) is 11.0. The molecule has 0 bridgehead atoms. The van der Waals surface area contributed by atoms with E-state index in [0.717, 1.165) is 17.5 Å². The molecule has 0 radical (unpaired) electrons. The highest BCUT2D eigenvalue weighted by Crippen LogP contribution is 2.29. The maximum Gasteiger partial charge on any atom is 0.238 e. The van der Waals surface area contributed by atoms with Crippen LogP contribution in [0.2, 0.25) is 5.02 Å². The SMILES string of the molecule is COc1cc(CNCCc2ccc(S(N)(=O)=O)cc2)ccc1OCc1ccc(F)cc1Cl.Cl. The van der Waals surface area contributed by atoms with E-state index in [-0.39, 0.29) is 23.9 Å². The summed E-state index contributed by atoms with van der Waals surface area (Å²) in [4.78, 5) is 0.102. The number of rotatable bonds is 10. The number of methoxy groups -OCH3 is 1. The van der Waals surface area contributed by atoms with Crippen LogP contribution in [0.5, 0.6) is 11.5 Å². The summed E-state index contributed by atoms with van der Waals surface area (Å²) in [6.07, 6.45) is 0.738. The lowest BCUT2D eigenvalue weighted by molar-refractivity contribution is 0.284. The van der Waals surface area contributed by atoms with Gasteiger partial charge in [0, 0.05) is 12.1 Å². The zero-order chi connectivity index (χ0) is 23.1. The third-order valence-corrected chi connectivity index (χ3v) is 6.08. The highest BCUT2D eigenvalue weighted by Gasteiger charge is 2.09. The van der Waals surface area contributed by atoms with E-state index in [0.29, 0.717) is 35.2 Å². The fourth-order valence-electron chi connectivity index (χ4n) is 3.05. The third-order valence-electron chi connectivity index (χ3n) is 4.80. The average molecular weight is 515 g/mol. The second kappa shape index (κ2) is 12.2. The molecular formula is C23H25Cl2FN2O4S. The molecular weight excluding hydrogens is 490 g/mol. The van der Waals surface area contributed by atoms with Crippen molar-refractivity contribution >= 4 is 34.0 Å². The van der Waals surface area contributed by atoms with Crippen LogP contribution in [0.15, 0.2) is 65.6 Å². The van der Waals surface area contributed by atoms with Gasteiger partial charge in [0.1, 0.15) is 12.4 Å². The molecule has 3 aromatic rings. The molecule has 0 aliphatic rings. The first kappa shape index (κ1) is 26.9. The Labute approximate surface area is 204 Å². The lowest BCUT2D eigenvalue weighted by atomic mass is 10.1. The van der Waals surface area contributed by atoms with Gasteiger partial charge in [0.25, 0.3) is 0 Å². The van der Waals surface area contributed by atoms with Crippen LogP contribution in [0.3, 0.4) is 0 Å². The van der Waals surface area contributed by atoms with Crippen molar-refractivity contribution in [1.82, 2.24) is 5.32 Å². The van der Waals surface area contributed by atoms with Gasteiger partial charge in [-0.3, -0.25) is 0 Å². The second-order valence-corrected chi connectivity index (χ2v) is 9.09. The van der Waals surface area contributed by atoms with E-state index in [1.807, 2.05) is 18.2 Å². The Morgan fingerprint density at radius 1 is 1.00 bits per heavy atom. The monoisotopic (exact) mass is 514 g/mol. The highest BCUT2D eigenvalue weighted by molar-refractivity contribution is 7.89. The molecule has 3 rings (SSSR count). The molecule has 10 heteroatoms. The summed E-state index contributed by atoms with van der Waals surface area (Å²) in [6, 6.07) is 16.3. The Morgan fingerprint density at radius 2 is 1.70 bits per heavy atom. The summed E-state index contributed by atoms with van der Waals surface area (Å²) in [6.45, 7) is 1.52. The van der Waals surface area contributed by atoms with Crippen LogP contribution in [0.1, 0.15) is 16.7 Å². The quantitative estimate of drug-likeness (QED) is 0.389. The smallest absolute Gasteiger partial charge is 0.238 e. The standard InChI is InChI=1S/C23H24ClFN2O4S.ClH/c1-30-23-12-17(4-9-22(23)31-15-18-5-6-19(25)13-21(18)24)14-27-11-10-16-2-7-20(8-3-16)32(26,28)29;/h2-9,12-13,27H,10-11,14-15H2,1H3,(H2,26,28,29);1H. The maximum atomic E-state index is 13.2. The van der Waals surface area contributed by atoms with E-state index in [2.05, 4.69) is 5.32 Å². The Bertz CT molecular complexity index is 1180. The van der Waals surface area contributed by atoms with Crippen LogP contribution in [0.4, 0.5) is 4.39 Å². The zero-order valence-electron chi connectivity index (χ0n) is 17.9. The molecule has 3 aromatic carbocycles. The van der Waals surface area contributed by atoms with Crippen LogP contribution in [0, 0.1) is 5.82 Å². The van der Waals surface area contributed by atoms with Gasteiger partial charge >= 0.3 is 0 Å². The summed E-state index contributed by atoms with van der Waals surface area (Å²) in [5.41, 5.74) is 2.70. The second-order valence-electron chi connectivity index (χ2n) is 7.13. The summed E-state index contributed by atoms with van der Waals surface area (Å²) in [5, 5.41) is 8.76. The largest absolute Gasteiger partial charge is 0.493 e. The zero-order valence-corrected chi connectivity index (χ0v) is 20.3. The molecule has 6 nitrogen and oxygen atoms in total. The van der Waals surface area contributed by atoms with Crippen molar-refractivity contribution < 1.29 is 22.3 Å². The minimum Gasteiger partial charge on any atom is -0.493 e. The van der Waals surface area contributed by atoms with E-state index in [1.165, 1.54) is 24.3 Å². The van der Waals surface area contributed by atoms with Crippen LogP contribution in [0.25, 0.3) is 0 Å². The van der Waals surface area contributed by atoms with Gasteiger partial charge in [-0.1, -0.05) is 35.9 Å². The van der Waals surface area contributed by atoms with Crippen molar-refractivity contribution in [3.8, 4) is 11.5 Å². The van der Waals surface area contributed by atoms with E-state index >= 15 is 0 Å². The minimum absolute atomic E-state index is 0. The molecule has 0 fully saturated rings. The summed E-state index contributed by atoms with van der Waals surface area (Å²) >= 11 is 6.05. The van der Waals surface area contributed by atoms with E-state index in [4.69, 9.17) is 26.2 Å². The van der Waals surface area contributed by atoms with Crippen molar-refractivity contribution in [3.63, 3.8) is 0 Å². The fourth-order valence-corrected chi connectivity index (χ4v) is 3.78. The molecule has 3 N–H and O–H groups in total. The summed E-state index contributed by atoms with van der Waals surface area (Å²) < 4.78 is 47.0. The van der Waals surface area contributed by atoms with Crippen molar-refractivity contribution in [2.75, 3.05) is 13.7 Å². The molecule has 0 aromatic heterocycles. The van der Waals surface area contributed by atoms with Gasteiger partial charge in [0.2, 0.25) is 10.0 Å². The van der Waals surface area contributed by atoms with Gasteiger partial charge in [-0.15, -0.1) is 12.4 Å². The van der Waals surface area contributed by atoms with E-state index < -0.39 is 15.8 Å². The van der Waals surface area contributed by atoms with Crippen LogP contribution < -0.4 is 19.9 Å². The van der Waals surface area contributed by atoms with Gasteiger partial charge in [0.15, 0.2) is 11.5 Å². The minimum atomic E-state index is -3.67. The van der Waals surface area contributed by atoms with Crippen molar-refractivity contribution in [3.05, 3.63) is 88.2 Å². The number of nitrogens with one attached hydrogen (secondary N) is 1. The number of hydrogen-bond acceptors (Lipinski definition) is 5. The first-order chi connectivity index (χ1) is 15.3. The molecule has 178 valence electrons. The lowest BCUT2D eigenvalue weighted by Gasteiger charge is -2.13. The lowest BCUT2D eigenvalue weighted by Crippen LogP contribution is -2.17. The van der Waals surface area contributed by atoms with E-state index in [1.54, 1.807) is 25.3 Å². The van der Waals surface area contributed by atoms with Crippen molar-refractivity contribution in [1.29, 1.82) is 0 Å². The van der Waals surface area contributed by atoms with Gasteiger partial charge < -0.3 is 14.8 Å². The first-order valence-electron chi connectivity index (χ1n) is 9.82. The molecule has 0 aliphatic heterocycles. The van der Waals surface area contributed by atoms with Crippen LogP contribution >= 0.6 is 24.0 Å². The summed E-state index contributed by atoms with van der Waals surface area (Å²) in [5.74, 6) is 0.751. The molecule has 33 heavy (non-hydrogen) atoms. The Hall–Kier alpha value is -2.36. The Kier molecular flexibility index (Phi) is 9.94. The molecule has 0 spiro atoms. The fraction of sp³-hybridized carbons (Fsp3) is 0.217. The molecule has 0 unspecified atom stereocenters. The Morgan fingerprint density at radius 3 is 2.33 bits per heavy atom. The third kappa shape index (κ3) is 7.87. The predicted molar refractivity (Wildman–Crippen MR) is 129 cm³/mol. The van der Waals surface area contributed by atoms with Crippen LogP contribution in [-0.4, -0.2) is 22.1 Å². The summed E-state index contributed by atoms with van der Waals surface area (Å²) in [7, 11) is -2.11. The van der Waals surface area contributed by atoms with E-state index in [9.17, 15) is 12.8 Å². The van der Waals surface area contributed by atoms with Crippen molar-refractivity contribution in [2.24, 2.45) is 5.14 Å². The average Bonchev–Trinajstić information content (AvgIpc) is 2.76. The Balaban J connectivity index is 0.00000385.